The van der Waals surface area contributed by atoms with Crippen molar-refractivity contribution >= 4 is 42.0 Å². The van der Waals surface area contributed by atoms with Gasteiger partial charge in [0, 0.05) is 12.4 Å². The minimum atomic E-state index is -0.718. The predicted octanol–water partition coefficient (Wildman–Crippen LogP) is 1.03. The number of ether oxygens (including phenoxy) is 1. The maximum absolute atomic E-state index is 12.2. The van der Waals surface area contributed by atoms with E-state index in [1.807, 2.05) is 6.26 Å². The van der Waals surface area contributed by atoms with Gasteiger partial charge in [-0.15, -0.1) is 12.4 Å². The van der Waals surface area contributed by atoms with Gasteiger partial charge in [0.25, 0.3) is 5.91 Å². The smallest absolute Gasteiger partial charge is 0.325 e. The van der Waals surface area contributed by atoms with Gasteiger partial charge in [0.2, 0.25) is 5.91 Å². The third-order valence-corrected chi connectivity index (χ3v) is 3.51. The van der Waals surface area contributed by atoms with E-state index in [-0.39, 0.29) is 31.5 Å². The van der Waals surface area contributed by atoms with Crippen LogP contribution >= 0.6 is 24.2 Å². The van der Waals surface area contributed by atoms with Crippen molar-refractivity contribution in [1.29, 1.82) is 0 Å². The van der Waals surface area contributed by atoms with Gasteiger partial charge in [0.15, 0.2) is 0 Å². The van der Waals surface area contributed by atoms with Crippen LogP contribution in [0, 0.1) is 0 Å². The van der Waals surface area contributed by atoms with Crippen molar-refractivity contribution in [3.8, 4) is 0 Å². The van der Waals surface area contributed by atoms with Crippen molar-refractivity contribution in [3.63, 3.8) is 0 Å². The molecule has 0 aliphatic carbocycles. The number of thioether (sulfide) groups is 1. The average molecular weight is 376 g/mol. The Morgan fingerprint density at radius 1 is 1.38 bits per heavy atom. The van der Waals surface area contributed by atoms with E-state index in [0.717, 1.165) is 0 Å². The monoisotopic (exact) mass is 375 g/mol. The van der Waals surface area contributed by atoms with Crippen molar-refractivity contribution in [3.05, 3.63) is 30.1 Å². The molecular weight excluding hydrogens is 354 g/mol. The molecule has 1 heterocycles. The number of hydrogen-bond donors (Lipinski definition) is 2. The summed E-state index contributed by atoms with van der Waals surface area (Å²) in [5, 5.41) is 5.15. The Hall–Kier alpha value is -1.80. The molecule has 1 rings (SSSR count). The van der Waals surface area contributed by atoms with E-state index in [1.54, 1.807) is 37.0 Å². The van der Waals surface area contributed by atoms with E-state index < -0.39 is 17.9 Å². The Bertz CT molecular complexity index is 531. The number of amides is 2. The Morgan fingerprint density at radius 2 is 2.12 bits per heavy atom. The van der Waals surface area contributed by atoms with Crippen LogP contribution in [0.15, 0.2) is 24.5 Å². The summed E-state index contributed by atoms with van der Waals surface area (Å²) in [5.74, 6) is -0.604. The first kappa shape index (κ1) is 22.2. The molecule has 134 valence electrons. The fraction of sp³-hybridized carbons (Fsp3) is 0.467. The van der Waals surface area contributed by atoms with Crippen LogP contribution in [-0.4, -0.2) is 54.0 Å². The second kappa shape index (κ2) is 12.6. The zero-order chi connectivity index (χ0) is 17.1. The first-order chi connectivity index (χ1) is 11.1. The maximum Gasteiger partial charge on any atom is 0.325 e. The normalized spacial score (nSPS) is 10.9. The molecule has 0 aromatic carbocycles. The van der Waals surface area contributed by atoms with E-state index in [0.29, 0.717) is 17.7 Å². The van der Waals surface area contributed by atoms with Crippen LogP contribution in [0.1, 0.15) is 23.7 Å². The van der Waals surface area contributed by atoms with Crippen LogP contribution in [0.5, 0.6) is 0 Å². The summed E-state index contributed by atoms with van der Waals surface area (Å²) in [6.45, 7) is 1.72. The third-order valence-electron chi connectivity index (χ3n) is 2.87. The summed E-state index contributed by atoms with van der Waals surface area (Å²) in [5.41, 5.74) is 0.375. The van der Waals surface area contributed by atoms with Crippen molar-refractivity contribution in [2.45, 2.75) is 19.4 Å². The molecule has 1 atom stereocenters. The summed E-state index contributed by atoms with van der Waals surface area (Å²) < 4.78 is 4.75. The lowest BCUT2D eigenvalue weighted by molar-refractivity contribution is -0.143. The van der Waals surface area contributed by atoms with Crippen LogP contribution in [0.3, 0.4) is 0 Å². The second-order valence-corrected chi connectivity index (χ2v) is 5.56. The molecule has 1 aromatic heterocycles. The lowest BCUT2D eigenvalue weighted by atomic mass is 10.2. The Morgan fingerprint density at radius 3 is 2.71 bits per heavy atom. The molecular formula is C15H22ClN3O4S. The molecule has 2 amide bonds. The molecule has 1 aromatic rings. The molecule has 0 bridgehead atoms. The number of pyridine rings is 1. The fourth-order valence-corrected chi connectivity index (χ4v) is 2.21. The highest BCUT2D eigenvalue weighted by molar-refractivity contribution is 7.98. The molecule has 0 spiro atoms. The van der Waals surface area contributed by atoms with Crippen LogP contribution in [0.4, 0.5) is 0 Å². The van der Waals surface area contributed by atoms with Crippen molar-refractivity contribution in [2.24, 2.45) is 0 Å². The van der Waals surface area contributed by atoms with E-state index in [1.165, 1.54) is 6.20 Å². The van der Waals surface area contributed by atoms with Gasteiger partial charge in [-0.25, -0.2) is 0 Å². The summed E-state index contributed by atoms with van der Waals surface area (Å²) in [6, 6.07) is 2.54. The molecule has 0 fully saturated rings. The van der Waals surface area contributed by atoms with Gasteiger partial charge >= 0.3 is 5.97 Å². The highest BCUT2D eigenvalue weighted by Crippen LogP contribution is 2.03. The first-order valence-corrected chi connectivity index (χ1v) is 8.61. The summed E-state index contributed by atoms with van der Waals surface area (Å²) in [7, 11) is 0. The number of carbonyl (C=O) groups is 3. The van der Waals surface area contributed by atoms with E-state index in [2.05, 4.69) is 15.6 Å². The number of nitrogens with zero attached hydrogens (tertiary/aromatic N) is 1. The molecule has 0 aliphatic rings. The highest BCUT2D eigenvalue weighted by Gasteiger charge is 2.21. The number of aromatic nitrogens is 1. The predicted molar refractivity (Wildman–Crippen MR) is 95.4 cm³/mol. The van der Waals surface area contributed by atoms with Crippen molar-refractivity contribution in [1.82, 2.24) is 15.6 Å². The summed E-state index contributed by atoms with van der Waals surface area (Å²) in [6.07, 6.45) is 5.36. The quantitative estimate of drug-likeness (QED) is 0.626. The van der Waals surface area contributed by atoms with Crippen molar-refractivity contribution in [2.75, 3.05) is 25.2 Å². The number of halogens is 1. The molecule has 9 heteroatoms. The largest absolute Gasteiger partial charge is 0.465 e. The number of carbonyl (C=O) groups excluding carboxylic acids is 3. The number of esters is 1. The number of hydrogen-bond acceptors (Lipinski definition) is 6. The Kier molecular flexibility index (Phi) is 11.7. The first-order valence-electron chi connectivity index (χ1n) is 7.21. The molecule has 0 saturated carbocycles. The van der Waals surface area contributed by atoms with Gasteiger partial charge < -0.3 is 15.4 Å². The molecule has 0 radical (unpaired) electrons. The van der Waals surface area contributed by atoms with E-state index in [4.69, 9.17) is 4.74 Å². The van der Waals surface area contributed by atoms with Gasteiger partial charge in [-0.2, -0.15) is 11.8 Å². The van der Waals surface area contributed by atoms with Crippen LogP contribution in [-0.2, 0) is 14.3 Å². The minimum absolute atomic E-state index is 0. The van der Waals surface area contributed by atoms with E-state index >= 15 is 0 Å². The maximum atomic E-state index is 12.2. The van der Waals surface area contributed by atoms with Gasteiger partial charge in [0.1, 0.15) is 12.6 Å². The SMILES string of the molecule is CCOC(=O)CNC(=O)C(CCSC)NC(=O)c1cccnc1.Cl. The third kappa shape index (κ3) is 8.16. The van der Waals surface area contributed by atoms with Gasteiger partial charge in [-0.05, 0) is 37.5 Å². The topological polar surface area (TPSA) is 97.4 Å². The molecule has 0 saturated heterocycles. The minimum Gasteiger partial charge on any atom is -0.465 e. The highest BCUT2D eigenvalue weighted by atomic mass is 35.5. The number of nitrogens with one attached hydrogen (secondary N) is 2. The van der Waals surface area contributed by atoms with Crippen LogP contribution in [0.2, 0.25) is 0 Å². The van der Waals surface area contributed by atoms with Crippen LogP contribution < -0.4 is 10.6 Å². The molecule has 1 unspecified atom stereocenters. The molecule has 7 nitrogen and oxygen atoms in total. The molecule has 24 heavy (non-hydrogen) atoms. The Labute approximate surface area is 151 Å². The summed E-state index contributed by atoms with van der Waals surface area (Å²) >= 11 is 1.57. The second-order valence-electron chi connectivity index (χ2n) is 4.57. The van der Waals surface area contributed by atoms with Crippen LogP contribution in [0.25, 0.3) is 0 Å². The molecule has 0 aliphatic heterocycles. The lowest BCUT2D eigenvalue weighted by Crippen LogP contribution is -2.48. The standard InChI is InChI=1S/C15H21N3O4S.ClH/c1-3-22-13(19)10-17-15(21)12(6-8-23-2)18-14(20)11-5-4-7-16-9-11;/h4-5,7,9,12H,3,6,8,10H2,1-2H3,(H,17,21)(H,18,20);1H. The molecule has 2 N–H and O–H groups in total. The summed E-state index contributed by atoms with van der Waals surface area (Å²) in [4.78, 5) is 39.5. The van der Waals surface area contributed by atoms with Gasteiger partial charge in [-0.3, -0.25) is 19.4 Å². The van der Waals surface area contributed by atoms with E-state index in [9.17, 15) is 14.4 Å². The van der Waals surface area contributed by atoms with Gasteiger partial charge in [0.05, 0.1) is 12.2 Å². The zero-order valence-corrected chi connectivity index (χ0v) is 15.2. The van der Waals surface area contributed by atoms with Crippen molar-refractivity contribution < 1.29 is 19.1 Å². The zero-order valence-electron chi connectivity index (χ0n) is 13.6. The fourth-order valence-electron chi connectivity index (χ4n) is 1.74. The lowest BCUT2D eigenvalue weighted by Gasteiger charge is -2.18. The average Bonchev–Trinajstić information content (AvgIpc) is 2.57. The number of rotatable bonds is 9. The Balaban J connectivity index is 0.00000529. The van der Waals surface area contributed by atoms with Gasteiger partial charge in [-0.1, -0.05) is 0 Å².